The van der Waals surface area contributed by atoms with E-state index in [1.807, 2.05) is 36.4 Å². The fourth-order valence-electron chi connectivity index (χ4n) is 2.36. The van der Waals surface area contributed by atoms with Gasteiger partial charge in [0, 0.05) is 29.9 Å². The van der Waals surface area contributed by atoms with Gasteiger partial charge < -0.3 is 14.8 Å². The lowest BCUT2D eigenvalue weighted by Crippen LogP contribution is -2.23. The molecular formula is C20H18N2O3. The Kier molecular flexibility index (Phi) is 5.26. The highest BCUT2D eigenvalue weighted by molar-refractivity contribution is 5.94. The number of nitrogens with one attached hydrogen (secondary N) is 1. The summed E-state index contributed by atoms with van der Waals surface area (Å²) in [4.78, 5) is 16.5. The van der Waals surface area contributed by atoms with Gasteiger partial charge in [-0.05, 0) is 30.3 Å². The second kappa shape index (κ2) is 7.97. The van der Waals surface area contributed by atoms with Crippen molar-refractivity contribution in [3.8, 4) is 17.4 Å². The van der Waals surface area contributed by atoms with Crippen molar-refractivity contribution < 1.29 is 14.3 Å². The molecule has 0 bridgehead atoms. The smallest absolute Gasteiger partial charge is 0.251 e. The van der Waals surface area contributed by atoms with E-state index in [1.165, 1.54) is 0 Å². The maximum atomic E-state index is 12.4. The Morgan fingerprint density at radius 3 is 2.68 bits per heavy atom. The lowest BCUT2D eigenvalue weighted by molar-refractivity contribution is 0.0950. The van der Waals surface area contributed by atoms with Crippen molar-refractivity contribution in [2.24, 2.45) is 0 Å². The Labute approximate surface area is 146 Å². The standard InChI is InChI=1S/C20H18N2O3/c1-24-18-10-3-2-7-16(18)14-22-20(23)15-8-6-9-17(13-15)25-19-11-4-5-12-21-19/h2-13H,14H2,1H3,(H,22,23). The Morgan fingerprint density at radius 1 is 1.04 bits per heavy atom. The summed E-state index contributed by atoms with van der Waals surface area (Å²) in [5.74, 6) is 1.60. The molecule has 0 aliphatic heterocycles. The highest BCUT2D eigenvalue weighted by atomic mass is 16.5. The molecule has 5 heteroatoms. The van der Waals surface area contributed by atoms with Crippen LogP contribution in [-0.4, -0.2) is 18.0 Å². The molecule has 1 heterocycles. The molecule has 3 rings (SSSR count). The first-order chi connectivity index (χ1) is 12.3. The number of para-hydroxylation sites is 1. The molecule has 0 spiro atoms. The van der Waals surface area contributed by atoms with Crippen LogP contribution in [0.15, 0.2) is 72.9 Å². The molecule has 0 aliphatic rings. The van der Waals surface area contributed by atoms with Crippen LogP contribution in [0.25, 0.3) is 0 Å². The Hall–Kier alpha value is -3.34. The minimum Gasteiger partial charge on any atom is -0.496 e. The normalized spacial score (nSPS) is 10.1. The Bertz CT molecular complexity index is 850. The predicted octanol–water partition coefficient (Wildman–Crippen LogP) is 3.81. The van der Waals surface area contributed by atoms with Crippen molar-refractivity contribution in [3.63, 3.8) is 0 Å². The van der Waals surface area contributed by atoms with E-state index < -0.39 is 0 Å². The van der Waals surface area contributed by atoms with Crippen molar-refractivity contribution in [1.29, 1.82) is 0 Å². The van der Waals surface area contributed by atoms with E-state index in [2.05, 4.69) is 10.3 Å². The maximum Gasteiger partial charge on any atom is 0.251 e. The molecule has 2 aromatic carbocycles. The number of carbonyl (C=O) groups excluding carboxylic acids is 1. The van der Waals surface area contributed by atoms with E-state index in [0.717, 1.165) is 11.3 Å². The van der Waals surface area contributed by atoms with E-state index in [4.69, 9.17) is 9.47 Å². The zero-order valence-corrected chi connectivity index (χ0v) is 13.8. The first-order valence-corrected chi connectivity index (χ1v) is 7.85. The molecule has 1 N–H and O–H groups in total. The van der Waals surface area contributed by atoms with Crippen LogP contribution in [0, 0.1) is 0 Å². The number of aromatic nitrogens is 1. The number of pyridine rings is 1. The van der Waals surface area contributed by atoms with Gasteiger partial charge >= 0.3 is 0 Å². The third kappa shape index (κ3) is 4.35. The fraction of sp³-hybridized carbons (Fsp3) is 0.100. The minimum absolute atomic E-state index is 0.183. The summed E-state index contributed by atoms with van der Waals surface area (Å²) in [5, 5.41) is 2.89. The SMILES string of the molecule is COc1ccccc1CNC(=O)c1cccc(Oc2ccccn2)c1. The zero-order valence-electron chi connectivity index (χ0n) is 13.8. The molecule has 126 valence electrons. The van der Waals surface area contributed by atoms with Gasteiger partial charge in [0.15, 0.2) is 0 Å². The molecular weight excluding hydrogens is 316 g/mol. The topological polar surface area (TPSA) is 60.5 Å². The summed E-state index contributed by atoms with van der Waals surface area (Å²) in [6, 6.07) is 20.0. The number of hydrogen-bond donors (Lipinski definition) is 1. The number of ether oxygens (including phenoxy) is 2. The van der Waals surface area contributed by atoms with E-state index in [-0.39, 0.29) is 5.91 Å². The van der Waals surface area contributed by atoms with Crippen LogP contribution in [-0.2, 0) is 6.54 Å². The van der Waals surface area contributed by atoms with E-state index >= 15 is 0 Å². The molecule has 25 heavy (non-hydrogen) atoms. The maximum absolute atomic E-state index is 12.4. The van der Waals surface area contributed by atoms with E-state index in [1.54, 1.807) is 43.6 Å². The second-order valence-electron chi connectivity index (χ2n) is 5.29. The van der Waals surface area contributed by atoms with Crippen LogP contribution in [0.1, 0.15) is 15.9 Å². The lowest BCUT2D eigenvalue weighted by Gasteiger charge is -2.10. The molecule has 0 radical (unpaired) electrons. The average molecular weight is 334 g/mol. The average Bonchev–Trinajstić information content (AvgIpc) is 2.67. The van der Waals surface area contributed by atoms with E-state index in [9.17, 15) is 4.79 Å². The molecule has 0 unspecified atom stereocenters. The van der Waals surface area contributed by atoms with Gasteiger partial charge in [0.25, 0.3) is 5.91 Å². The van der Waals surface area contributed by atoms with Crippen LogP contribution in [0.2, 0.25) is 0 Å². The van der Waals surface area contributed by atoms with Crippen molar-refractivity contribution in [2.45, 2.75) is 6.54 Å². The van der Waals surface area contributed by atoms with Crippen molar-refractivity contribution >= 4 is 5.91 Å². The van der Waals surface area contributed by atoms with E-state index in [0.29, 0.717) is 23.7 Å². The molecule has 3 aromatic rings. The molecule has 0 aliphatic carbocycles. The van der Waals surface area contributed by atoms with Crippen molar-refractivity contribution in [2.75, 3.05) is 7.11 Å². The lowest BCUT2D eigenvalue weighted by atomic mass is 10.1. The molecule has 1 amide bonds. The largest absolute Gasteiger partial charge is 0.496 e. The van der Waals surface area contributed by atoms with Gasteiger partial charge in [0.1, 0.15) is 11.5 Å². The molecule has 0 saturated carbocycles. The molecule has 1 aromatic heterocycles. The Morgan fingerprint density at radius 2 is 1.88 bits per heavy atom. The third-order valence-electron chi connectivity index (χ3n) is 3.59. The van der Waals surface area contributed by atoms with Gasteiger partial charge in [0.05, 0.1) is 7.11 Å². The second-order valence-corrected chi connectivity index (χ2v) is 5.29. The van der Waals surface area contributed by atoms with Crippen LogP contribution in [0.4, 0.5) is 0 Å². The summed E-state index contributed by atoms with van der Waals surface area (Å²) in [5.41, 5.74) is 1.43. The number of benzene rings is 2. The number of carbonyl (C=O) groups is 1. The van der Waals surface area contributed by atoms with Crippen molar-refractivity contribution in [1.82, 2.24) is 10.3 Å². The first kappa shape index (κ1) is 16.5. The number of nitrogens with zero attached hydrogens (tertiary/aromatic N) is 1. The molecule has 0 saturated heterocycles. The summed E-state index contributed by atoms with van der Waals surface area (Å²) in [7, 11) is 1.61. The van der Waals surface area contributed by atoms with Crippen molar-refractivity contribution in [3.05, 3.63) is 84.1 Å². The summed E-state index contributed by atoms with van der Waals surface area (Å²) in [6.45, 7) is 0.383. The number of amides is 1. The quantitative estimate of drug-likeness (QED) is 0.744. The molecule has 0 fully saturated rings. The Balaban J connectivity index is 1.67. The summed E-state index contributed by atoms with van der Waals surface area (Å²) >= 11 is 0. The fourth-order valence-corrected chi connectivity index (χ4v) is 2.36. The van der Waals surface area contributed by atoms with Gasteiger partial charge in [-0.1, -0.05) is 30.3 Å². The number of hydrogen-bond acceptors (Lipinski definition) is 4. The first-order valence-electron chi connectivity index (χ1n) is 7.85. The van der Waals surface area contributed by atoms with Gasteiger partial charge in [-0.2, -0.15) is 0 Å². The third-order valence-corrected chi connectivity index (χ3v) is 3.59. The monoisotopic (exact) mass is 334 g/mol. The van der Waals surface area contributed by atoms with Gasteiger partial charge in [-0.15, -0.1) is 0 Å². The minimum atomic E-state index is -0.183. The number of rotatable bonds is 6. The zero-order chi connectivity index (χ0) is 17.5. The van der Waals surface area contributed by atoms with Gasteiger partial charge in [-0.25, -0.2) is 4.98 Å². The van der Waals surface area contributed by atoms with Crippen LogP contribution in [0.5, 0.6) is 17.4 Å². The summed E-state index contributed by atoms with van der Waals surface area (Å²) in [6.07, 6.45) is 1.65. The number of methoxy groups -OCH3 is 1. The van der Waals surface area contributed by atoms with Crippen LogP contribution >= 0.6 is 0 Å². The molecule has 5 nitrogen and oxygen atoms in total. The van der Waals surface area contributed by atoms with Gasteiger partial charge in [0.2, 0.25) is 5.88 Å². The van der Waals surface area contributed by atoms with Crippen LogP contribution in [0.3, 0.4) is 0 Å². The molecule has 0 atom stereocenters. The van der Waals surface area contributed by atoms with Gasteiger partial charge in [-0.3, -0.25) is 4.79 Å². The predicted molar refractivity (Wildman–Crippen MR) is 94.9 cm³/mol. The van der Waals surface area contributed by atoms with Crippen LogP contribution < -0.4 is 14.8 Å². The summed E-state index contributed by atoms with van der Waals surface area (Å²) < 4.78 is 10.9. The highest BCUT2D eigenvalue weighted by Gasteiger charge is 2.09. The highest BCUT2D eigenvalue weighted by Crippen LogP contribution is 2.20.